The lowest BCUT2D eigenvalue weighted by molar-refractivity contribution is 0.628. The molecular formula is C13H12FN. The molecule has 76 valence electrons. The number of hydrogen-bond acceptors (Lipinski definition) is 1. The Bertz CT molecular complexity index is 448. The minimum absolute atomic E-state index is 0.219. The van der Waals surface area contributed by atoms with Gasteiger partial charge in [0.25, 0.3) is 0 Å². The number of nitrogens with two attached hydrogens (primary N) is 1. The van der Waals surface area contributed by atoms with Crippen molar-refractivity contribution in [1.29, 1.82) is 0 Å². The molecular weight excluding hydrogens is 189 g/mol. The Hall–Kier alpha value is -1.67. The van der Waals surface area contributed by atoms with Gasteiger partial charge in [-0.05, 0) is 28.8 Å². The summed E-state index contributed by atoms with van der Waals surface area (Å²) in [5.74, 6) is -0.219. The first-order valence-electron chi connectivity index (χ1n) is 4.85. The summed E-state index contributed by atoms with van der Waals surface area (Å²) in [5, 5.41) is 0. The summed E-state index contributed by atoms with van der Waals surface area (Å²) in [6.45, 7) is 0.494. The van der Waals surface area contributed by atoms with E-state index in [1.54, 1.807) is 12.1 Å². The number of benzene rings is 2. The zero-order valence-corrected chi connectivity index (χ0v) is 8.28. The van der Waals surface area contributed by atoms with Crippen LogP contribution in [0.4, 0.5) is 4.39 Å². The van der Waals surface area contributed by atoms with Crippen LogP contribution < -0.4 is 5.73 Å². The second-order valence-electron chi connectivity index (χ2n) is 3.37. The van der Waals surface area contributed by atoms with Crippen LogP contribution in [-0.2, 0) is 6.54 Å². The van der Waals surface area contributed by atoms with E-state index in [0.717, 1.165) is 16.7 Å². The molecule has 0 bridgehead atoms. The third-order valence-electron chi connectivity index (χ3n) is 2.39. The van der Waals surface area contributed by atoms with E-state index in [9.17, 15) is 4.39 Å². The molecule has 2 aromatic carbocycles. The van der Waals surface area contributed by atoms with Crippen LogP contribution in [0.3, 0.4) is 0 Å². The largest absolute Gasteiger partial charge is 0.326 e. The van der Waals surface area contributed by atoms with E-state index in [1.165, 1.54) is 12.1 Å². The second-order valence-corrected chi connectivity index (χ2v) is 3.37. The van der Waals surface area contributed by atoms with Gasteiger partial charge in [-0.3, -0.25) is 0 Å². The molecule has 2 rings (SSSR count). The van der Waals surface area contributed by atoms with E-state index < -0.39 is 0 Å². The van der Waals surface area contributed by atoms with Gasteiger partial charge in [0.05, 0.1) is 0 Å². The van der Waals surface area contributed by atoms with Crippen molar-refractivity contribution < 1.29 is 4.39 Å². The molecule has 2 aromatic rings. The monoisotopic (exact) mass is 201 g/mol. The molecule has 0 radical (unpaired) electrons. The van der Waals surface area contributed by atoms with Crippen LogP contribution in [-0.4, -0.2) is 0 Å². The standard InChI is InChI=1S/C13H12FN/c14-12-7-5-10(6-8-12)13-4-2-1-3-11(13)9-15/h1-8H,9,15H2. The Morgan fingerprint density at radius 2 is 1.60 bits per heavy atom. The maximum Gasteiger partial charge on any atom is 0.123 e. The van der Waals surface area contributed by atoms with Crippen LogP contribution in [0.25, 0.3) is 11.1 Å². The molecule has 0 aliphatic heterocycles. The summed E-state index contributed by atoms with van der Waals surface area (Å²) >= 11 is 0. The lowest BCUT2D eigenvalue weighted by Gasteiger charge is -2.07. The molecule has 0 aromatic heterocycles. The summed E-state index contributed by atoms with van der Waals surface area (Å²) < 4.78 is 12.8. The van der Waals surface area contributed by atoms with E-state index >= 15 is 0 Å². The lowest BCUT2D eigenvalue weighted by Crippen LogP contribution is -1.98. The van der Waals surface area contributed by atoms with Crippen molar-refractivity contribution in [2.24, 2.45) is 5.73 Å². The van der Waals surface area contributed by atoms with Gasteiger partial charge >= 0.3 is 0 Å². The van der Waals surface area contributed by atoms with E-state index in [4.69, 9.17) is 5.73 Å². The van der Waals surface area contributed by atoms with Crippen LogP contribution in [0.5, 0.6) is 0 Å². The van der Waals surface area contributed by atoms with E-state index in [1.807, 2.05) is 24.3 Å². The highest BCUT2D eigenvalue weighted by molar-refractivity contribution is 5.67. The van der Waals surface area contributed by atoms with Crippen molar-refractivity contribution in [1.82, 2.24) is 0 Å². The van der Waals surface area contributed by atoms with Crippen molar-refractivity contribution >= 4 is 0 Å². The smallest absolute Gasteiger partial charge is 0.123 e. The van der Waals surface area contributed by atoms with Gasteiger partial charge in [0.15, 0.2) is 0 Å². The molecule has 0 amide bonds. The average Bonchev–Trinajstić information content (AvgIpc) is 2.30. The molecule has 0 unspecified atom stereocenters. The Morgan fingerprint density at radius 3 is 2.27 bits per heavy atom. The minimum Gasteiger partial charge on any atom is -0.326 e. The third-order valence-corrected chi connectivity index (χ3v) is 2.39. The van der Waals surface area contributed by atoms with Crippen LogP contribution in [0, 0.1) is 5.82 Å². The summed E-state index contributed by atoms with van der Waals surface area (Å²) in [6, 6.07) is 14.3. The lowest BCUT2D eigenvalue weighted by atomic mass is 10.00. The van der Waals surface area contributed by atoms with Crippen LogP contribution in [0.2, 0.25) is 0 Å². The summed E-state index contributed by atoms with van der Waals surface area (Å²) in [4.78, 5) is 0. The van der Waals surface area contributed by atoms with Crippen LogP contribution >= 0.6 is 0 Å². The number of halogens is 1. The van der Waals surface area contributed by atoms with Gasteiger partial charge in [-0.15, -0.1) is 0 Å². The third kappa shape index (κ3) is 2.05. The first-order chi connectivity index (χ1) is 7.31. The predicted octanol–water partition coefficient (Wildman–Crippen LogP) is 2.95. The Balaban J connectivity index is 2.49. The van der Waals surface area contributed by atoms with Crippen molar-refractivity contribution in [2.75, 3.05) is 0 Å². The van der Waals surface area contributed by atoms with Gasteiger partial charge in [-0.25, -0.2) is 4.39 Å². The number of hydrogen-bond donors (Lipinski definition) is 1. The molecule has 0 saturated heterocycles. The molecule has 0 atom stereocenters. The molecule has 0 aliphatic rings. The quantitative estimate of drug-likeness (QED) is 0.794. The SMILES string of the molecule is NCc1ccccc1-c1ccc(F)cc1. The summed E-state index contributed by atoms with van der Waals surface area (Å²) in [7, 11) is 0. The highest BCUT2D eigenvalue weighted by Crippen LogP contribution is 2.23. The molecule has 0 aliphatic carbocycles. The van der Waals surface area contributed by atoms with E-state index in [0.29, 0.717) is 6.54 Å². The van der Waals surface area contributed by atoms with Crippen molar-refractivity contribution in [3.63, 3.8) is 0 Å². The molecule has 0 heterocycles. The maximum atomic E-state index is 12.8. The summed E-state index contributed by atoms with van der Waals surface area (Å²) in [5.41, 5.74) is 8.78. The second kappa shape index (κ2) is 4.24. The Kier molecular flexibility index (Phi) is 2.79. The first kappa shape index (κ1) is 9.87. The predicted molar refractivity (Wildman–Crippen MR) is 59.7 cm³/mol. The Labute approximate surface area is 88.4 Å². The van der Waals surface area contributed by atoms with Gasteiger partial charge < -0.3 is 5.73 Å². The zero-order chi connectivity index (χ0) is 10.7. The van der Waals surface area contributed by atoms with Gasteiger partial charge in [-0.2, -0.15) is 0 Å². The van der Waals surface area contributed by atoms with Gasteiger partial charge in [0.2, 0.25) is 0 Å². The maximum absolute atomic E-state index is 12.8. The van der Waals surface area contributed by atoms with Crippen LogP contribution in [0.1, 0.15) is 5.56 Å². The molecule has 1 nitrogen and oxygen atoms in total. The average molecular weight is 201 g/mol. The fraction of sp³-hybridized carbons (Fsp3) is 0.0769. The van der Waals surface area contributed by atoms with Crippen molar-refractivity contribution in [3.8, 4) is 11.1 Å². The first-order valence-corrected chi connectivity index (χ1v) is 4.85. The number of rotatable bonds is 2. The molecule has 0 saturated carbocycles. The topological polar surface area (TPSA) is 26.0 Å². The molecule has 2 N–H and O–H groups in total. The van der Waals surface area contributed by atoms with Gasteiger partial charge in [0, 0.05) is 6.54 Å². The summed E-state index contributed by atoms with van der Waals surface area (Å²) in [6.07, 6.45) is 0. The van der Waals surface area contributed by atoms with E-state index in [-0.39, 0.29) is 5.82 Å². The molecule has 15 heavy (non-hydrogen) atoms. The highest BCUT2D eigenvalue weighted by atomic mass is 19.1. The van der Waals surface area contributed by atoms with E-state index in [2.05, 4.69) is 0 Å². The zero-order valence-electron chi connectivity index (χ0n) is 8.28. The van der Waals surface area contributed by atoms with Gasteiger partial charge in [0.1, 0.15) is 5.82 Å². The minimum atomic E-state index is -0.219. The van der Waals surface area contributed by atoms with Crippen molar-refractivity contribution in [2.45, 2.75) is 6.54 Å². The Morgan fingerprint density at radius 1 is 0.933 bits per heavy atom. The molecule has 0 fully saturated rings. The fourth-order valence-corrected chi connectivity index (χ4v) is 1.61. The molecule has 2 heteroatoms. The highest BCUT2D eigenvalue weighted by Gasteiger charge is 2.02. The van der Waals surface area contributed by atoms with Crippen LogP contribution in [0.15, 0.2) is 48.5 Å². The van der Waals surface area contributed by atoms with Crippen molar-refractivity contribution in [3.05, 3.63) is 59.9 Å². The molecule has 0 spiro atoms. The van der Waals surface area contributed by atoms with Gasteiger partial charge in [-0.1, -0.05) is 36.4 Å². The normalized spacial score (nSPS) is 10.3. The fourth-order valence-electron chi connectivity index (χ4n) is 1.61.